The minimum Gasteiger partial charge on any atom is -0.482 e. The molecule has 1 aromatic heterocycles. The number of pyridine rings is 1. The second-order valence-corrected chi connectivity index (χ2v) is 4.77. The average Bonchev–Trinajstić information content (AvgIpc) is 2.54. The first kappa shape index (κ1) is 12.9. The number of halogens is 1. The van der Waals surface area contributed by atoms with Gasteiger partial charge in [0.15, 0.2) is 0 Å². The Labute approximate surface area is 122 Å². The summed E-state index contributed by atoms with van der Waals surface area (Å²) in [4.78, 5) is 17.8. The van der Waals surface area contributed by atoms with Crippen LogP contribution in [0.4, 0.5) is 5.69 Å². The summed E-state index contributed by atoms with van der Waals surface area (Å²) in [5, 5.41) is 0. The molecule has 1 aliphatic heterocycles. The van der Waals surface area contributed by atoms with Gasteiger partial charge in [0.2, 0.25) is 5.91 Å². The predicted molar refractivity (Wildman–Crippen MR) is 77.1 cm³/mol. The number of aromatic nitrogens is 1. The molecule has 1 aromatic carbocycles. The molecule has 0 fully saturated rings. The Bertz CT molecular complexity index is 618. The van der Waals surface area contributed by atoms with Crippen molar-refractivity contribution in [2.24, 2.45) is 0 Å². The minimum atomic E-state index is -0.231. The summed E-state index contributed by atoms with van der Waals surface area (Å²) in [6.07, 6.45) is 3.23. The standard InChI is InChI=1S/C15H13ClN2O2/c16-8-15(19)18-10-14(11-4-3-7-17-9-11)20-13-6-2-1-5-12(13)18/h1-7,9,14H,8,10H2. The van der Waals surface area contributed by atoms with Gasteiger partial charge < -0.3 is 9.64 Å². The molecule has 0 N–H and O–H groups in total. The van der Waals surface area contributed by atoms with Crippen molar-refractivity contribution in [1.29, 1.82) is 0 Å². The van der Waals surface area contributed by atoms with Gasteiger partial charge in [-0.15, -0.1) is 11.6 Å². The molecule has 1 atom stereocenters. The zero-order valence-corrected chi connectivity index (χ0v) is 11.5. The highest BCUT2D eigenvalue weighted by Gasteiger charge is 2.30. The number of rotatable bonds is 2. The Morgan fingerprint density at radius 2 is 2.20 bits per heavy atom. The number of hydrogen-bond donors (Lipinski definition) is 0. The summed E-state index contributed by atoms with van der Waals surface area (Å²) >= 11 is 5.70. The number of ether oxygens (including phenoxy) is 1. The number of fused-ring (bicyclic) bond motifs is 1. The third kappa shape index (κ3) is 2.34. The number of anilines is 1. The van der Waals surface area contributed by atoms with Gasteiger partial charge in [-0.25, -0.2) is 0 Å². The summed E-state index contributed by atoms with van der Waals surface area (Å²) in [5.74, 6) is 0.510. The van der Waals surface area contributed by atoms with E-state index < -0.39 is 0 Å². The van der Waals surface area contributed by atoms with Gasteiger partial charge in [0, 0.05) is 18.0 Å². The van der Waals surface area contributed by atoms with E-state index in [1.807, 2.05) is 36.4 Å². The fourth-order valence-corrected chi connectivity index (χ4v) is 2.43. The molecule has 102 valence electrons. The van der Waals surface area contributed by atoms with E-state index in [9.17, 15) is 4.79 Å². The predicted octanol–water partition coefficient (Wildman–Crippen LogP) is 2.79. The molecular weight excluding hydrogens is 276 g/mol. The molecule has 2 heterocycles. The van der Waals surface area contributed by atoms with Crippen LogP contribution in [0.1, 0.15) is 11.7 Å². The van der Waals surface area contributed by atoms with Crippen molar-refractivity contribution >= 4 is 23.2 Å². The number of alkyl halides is 1. The number of carbonyl (C=O) groups excluding carboxylic acids is 1. The van der Waals surface area contributed by atoms with Crippen LogP contribution in [-0.2, 0) is 4.79 Å². The SMILES string of the molecule is O=C(CCl)N1CC(c2cccnc2)Oc2ccccc21. The van der Waals surface area contributed by atoms with E-state index in [0.717, 1.165) is 11.3 Å². The van der Waals surface area contributed by atoms with Crippen molar-refractivity contribution in [3.63, 3.8) is 0 Å². The lowest BCUT2D eigenvalue weighted by molar-refractivity contribution is -0.116. The maximum Gasteiger partial charge on any atom is 0.242 e. The third-order valence-corrected chi connectivity index (χ3v) is 3.47. The van der Waals surface area contributed by atoms with Gasteiger partial charge >= 0.3 is 0 Å². The topological polar surface area (TPSA) is 42.4 Å². The molecule has 0 bridgehead atoms. The van der Waals surface area contributed by atoms with Crippen LogP contribution in [0.2, 0.25) is 0 Å². The van der Waals surface area contributed by atoms with Gasteiger partial charge in [-0.3, -0.25) is 9.78 Å². The minimum absolute atomic E-state index is 0.0475. The molecule has 1 unspecified atom stereocenters. The van der Waals surface area contributed by atoms with Crippen LogP contribution in [0.15, 0.2) is 48.8 Å². The first-order valence-electron chi connectivity index (χ1n) is 6.31. The van der Waals surface area contributed by atoms with Crippen LogP contribution in [-0.4, -0.2) is 23.3 Å². The van der Waals surface area contributed by atoms with E-state index in [1.165, 1.54) is 0 Å². The van der Waals surface area contributed by atoms with Crippen LogP contribution in [0.3, 0.4) is 0 Å². The quantitative estimate of drug-likeness (QED) is 0.798. The lowest BCUT2D eigenvalue weighted by Crippen LogP contribution is -2.40. The van der Waals surface area contributed by atoms with E-state index >= 15 is 0 Å². The summed E-state index contributed by atoms with van der Waals surface area (Å²) in [6, 6.07) is 11.3. The van der Waals surface area contributed by atoms with Crippen molar-refractivity contribution in [3.05, 3.63) is 54.4 Å². The Morgan fingerprint density at radius 3 is 2.95 bits per heavy atom. The van der Waals surface area contributed by atoms with Crippen molar-refractivity contribution in [1.82, 2.24) is 4.98 Å². The van der Waals surface area contributed by atoms with Crippen LogP contribution >= 0.6 is 11.6 Å². The number of nitrogens with zero attached hydrogens (tertiary/aromatic N) is 2. The number of para-hydroxylation sites is 2. The van der Waals surface area contributed by atoms with Crippen LogP contribution in [0.5, 0.6) is 5.75 Å². The highest BCUT2D eigenvalue weighted by atomic mass is 35.5. The average molecular weight is 289 g/mol. The van der Waals surface area contributed by atoms with Crippen LogP contribution < -0.4 is 9.64 Å². The monoisotopic (exact) mass is 288 g/mol. The summed E-state index contributed by atoms with van der Waals surface area (Å²) in [5.41, 5.74) is 1.70. The molecule has 1 amide bonds. The largest absolute Gasteiger partial charge is 0.482 e. The van der Waals surface area contributed by atoms with Gasteiger partial charge in [0.1, 0.15) is 17.7 Å². The van der Waals surface area contributed by atoms with Crippen molar-refractivity contribution < 1.29 is 9.53 Å². The number of amides is 1. The van der Waals surface area contributed by atoms with E-state index in [-0.39, 0.29) is 17.9 Å². The highest BCUT2D eigenvalue weighted by Crippen LogP contribution is 2.37. The van der Waals surface area contributed by atoms with Gasteiger partial charge in [-0.1, -0.05) is 18.2 Å². The molecule has 4 nitrogen and oxygen atoms in total. The highest BCUT2D eigenvalue weighted by molar-refractivity contribution is 6.29. The van der Waals surface area contributed by atoms with Gasteiger partial charge in [-0.05, 0) is 18.2 Å². The molecule has 0 saturated heterocycles. The molecule has 0 saturated carbocycles. The van der Waals surface area contributed by atoms with E-state index in [0.29, 0.717) is 12.3 Å². The first-order valence-corrected chi connectivity index (χ1v) is 6.85. The van der Waals surface area contributed by atoms with Crippen molar-refractivity contribution in [2.75, 3.05) is 17.3 Å². The Hall–Kier alpha value is -2.07. The van der Waals surface area contributed by atoms with E-state index in [2.05, 4.69) is 4.98 Å². The Morgan fingerprint density at radius 1 is 1.35 bits per heavy atom. The second-order valence-electron chi connectivity index (χ2n) is 4.50. The molecule has 3 rings (SSSR count). The molecule has 2 aromatic rings. The molecular formula is C15H13ClN2O2. The summed E-state index contributed by atoms with van der Waals surface area (Å²) in [6.45, 7) is 0.439. The molecule has 20 heavy (non-hydrogen) atoms. The first-order chi connectivity index (χ1) is 9.79. The lowest BCUT2D eigenvalue weighted by atomic mass is 10.1. The Kier molecular flexibility index (Phi) is 3.56. The summed E-state index contributed by atoms with van der Waals surface area (Å²) in [7, 11) is 0. The van der Waals surface area contributed by atoms with E-state index in [4.69, 9.17) is 16.3 Å². The smallest absolute Gasteiger partial charge is 0.242 e. The van der Waals surface area contributed by atoms with Crippen LogP contribution in [0, 0.1) is 0 Å². The fraction of sp³-hybridized carbons (Fsp3) is 0.200. The lowest BCUT2D eigenvalue weighted by Gasteiger charge is -2.34. The molecule has 1 aliphatic rings. The van der Waals surface area contributed by atoms with Gasteiger partial charge in [-0.2, -0.15) is 0 Å². The normalized spacial score (nSPS) is 17.2. The second kappa shape index (κ2) is 5.51. The number of hydrogen-bond acceptors (Lipinski definition) is 3. The zero-order chi connectivity index (χ0) is 13.9. The molecule has 0 spiro atoms. The fourth-order valence-electron chi connectivity index (χ4n) is 2.28. The number of carbonyl (C=O) groups is 1. The third-order valence-electron chi connectivity index (χ3n) is 3.25. The van der Waals surface area contributed by atoms with Gasteiger partial charge in [0.05, 0.1) is 12.2 Å². The van der Waals surface area contributed by atoms with Gasteiger partial charge in [0.25, 0.3) is 0 Å². The van der Waals surface area contributed by atoms with Crippen LogP contribution in [0.25, 0.3) is 0 Å². The molecule has 0 radical (unpaired) electrons. The van der Waals surface area contributed by atoms with E-state index in [1.54, 1.807) is 17.3 Å². The number of benzene rings is 1. The van der Waals surface area contributed by atoms with Crippen molar-refractivity contribution in [3.8, 4) is 5.75 Å². The molecule has 5 heteroatoms. The molecule has 0 aliphatic carbocycles. The van der Waals surface area contributed by atoms with Crippen molar-refractivity contribution in [2.45, 2.75) is 6.10 Å². The summed E-state index contributed by atoms with van der Waals surface area (Å²) < 4.78 is 5.97. The zero-order valence-electron chi connectivity index (χ0n) is 10.7. The maximum absolute atomic E-state index is 12.0. The Balaban J connectivity index is 1.98. The maximum atomic E-state index is 12.0.